The Labute approximate surface area is 127 Å². The van der Waals surface area contributed by atoms with Crippen LogP contribution in [0, 0.1) is 19.8 Å². The minimum absolute atomic E-state index is 0.0603. The summed E-state index contributed by atoms with van der Waals surface area (Å²) in [6, 6.07) is 6.32. The summed E-state index contributed by atoms with van der Waals surface area (Å²) in [4.78, 5) is 12.0. The zero-order chi connectivity index (χ0) is 15.2. The molecule has 4 nitrogen and oxygen atoms in total. The summed E-state index contributed by atoms with van der Waals surface area (Å²) < 4.78 is 5.69. The molecular weight excluding hydrogens is 264 g/mol. The van der Waals surface area contributed by atoms with E-state index in [9.17, 15) is 4.79 Å². The normalized spacial score (nSPS) is 21.3. The molecule has 1 fully saturated rings. The van der Waals surface area contributed by atoms with Crippen molar-refractivity contribution in [1.29, 1.82) is 0 Å². The van der Waals surface area contributed by atoms with Gasteiger partial charge in [-0.2, -0.15) is 0 Å². The third kappa shape index (κ3) is 4.46. The highest BCUT2D eigenvalue weighted by molar-refractivity contribution is 5.76. The first-order valence-electron chi connectivity index (χ1n) is 7.79. The molecule has 2 rings (SSSR count). The van der Waals surface area contributed by atoms with Gasteiger partial charge in [-0.15, -0.1) is 0 Å². The van der Waals surface area contributed by atoms with Crippen molar-refractivity contribution < 1.29 is 9.53 Å². The number of rotatable bonds is 6. The highest BCUT2D eigenvalue weighted by Crippen LogP contribution is 2.24. The topological polar surface area (TPSA) is 64.3 Å². The Kier molecular flexibility index (Phi) is 5.62. The van der Waals surface area contributed by atoms with Crippen molar-refractivity contribution in [3.8, 4) is 5.75 Å². The molecule has 116 valence electrons. The van der Waals surface area contributed by atoms with Gasteiger partial charge in [0.05, 0.1) is 13.0 Å². The molecule has 2 atom stereocenters. The molecule has 0 heterocycles. The van der Waals surface area contributed by atoms with Crippen molar-refractivity contribution >= 4 is 5.91 Å². The van der Waals surface area contributed by atoms with Crippen LogP contribution >= 0.6 is 0 Å². The van der Waals surface area contributed by atoms with E-state index < -0.39 is 0 Å². The van der Waals surface area contributed by atoms with Crippen molar-refractivity contribution in [1.82, 2.24) is 5.32 Å². The molecular formula is C17H26N2O2. The average Bonchev–Trinajstić information content (AvgIpc) is 2.88. The number of aryl methyl sites for hydroxylation is 2. The molecule has 0 saturated heterocycles. The largest absolute Gasteiger partial charge is 0.493 e. The average molecular weight is 290 g/mol. The third-order valence-corrected chi connectivity index (χ3v) is 4.23. The number of amides is 1. The Bertz CT molecular complexity index is 488. The minimum atomic E-state index is 0.0603. The van der Waals surface area contributed by atoms with Gasteiger partial charge in [0.1, 0.15) is 5.75 Å². The van der Waals surface area contributed by atoms with Gasteiger partial charge in [0.15, 0.2) is 0 Å². The van der Waals surface area contributed by atoms with E-state index in [2.05, 4.69) is 18.3 Å². The summed E-state index contributed by atoms with van der Waals surface area (Å²) >= 11 is 0. The Morgan fingerprint density at radius 1 is 1.38 bits per heavy atom. The molecule has 1 amide bonds. The Hall–Kier alpha value is -1.55. The standard InChI is InChI=1S/C17H26N2O2/c1-12-6-7-16(13(2)10-12)21-9-8-17(20)19-15-5-3-4-14(15)11-18/h6-7,10,14-15H,3-5,8-9,11,18H2,1-2H3,(H,19,20). The lowest BCUT2D eigenvalue weighted by molar-refractivity contribution is -0.122. The monoisotopic (exact) mass is 290 g/mol. The van der Waals surface area contributed by atoms with E-state index in [0.717, 1.165) is 30.6 Å². The zero-order valence-corrected chi connectivity index (χ0v) is 13.0. The molecule has 0 aromatic heterocycles. The zero-order valence-electron chi connectivity index (χ0n) is 13.0. The fourth-order valence-electron chi connectivity index (χ4n) is 3.00. The van der Waals surface area contributed by atoms with Crippen molar-refractivity contribution in [2.45, 2.75) is 45.6 Å². The van der Waals surface area contributed by atoms with Gasteiger partial charge in [-0.05, 0) is 50.8 Å². The van der Waals surface area contributed by atoms with Crippen molar-refractivity contribution in [2.24, 2.45) is 11.7 Å². The van der Waals surface area contributed by atoms with Gasteiger partial charge in [-0.1, -0.05) is 24.1 Å². The second kappa shape index (κ2) is 7.46. The molecule has 0 radical (unpaired) electrons. The summed E-state index contributed by atoms with van der Waals surface area (Å²) in [5.74, 6) is 1.36. The number of carbonyl (C=O) groups excluding carboxylic acids is 1. The van der Waals surface area contributed by atoms with E-state index in [0.29, 0.717) is 25.5 Å². The second-order valence-electron chi connectivity index (χ2n) is 5.97. The maximum atomic E-state index is 12.0. The van der Waals surface area contributed by atoms with Gasteiger partial charge in [-0.25, -0.2) is 0 Å². The Morgan fingerprint density at radius 3 is 2.90 bits per heavy atom. The van der Waals surface area contributed by atoms with Gasteiger partial charge >= 0.3 is 0 Å². The highest BCUT2D eigenvalue weighted by atomic mass is 16.5. The minimum Gasteiger partial charge on any atom is -0.493 e. The molecule has 0 spiro atoms. The quantitative estimate of drug-likeness (QED) is 0.845. The SMILES string of the molecule is Cc1ccc(OCCC(=O)NC2CCCC2CN)c(C)c1. The van der Waals surface area contributed by atoms with Crippen LogP contribution in [0.4, 0.5) is 0 Å². The predicted molar refractivity (Wildman–Crippen MR) is 84.4 cm³/mol. The lowest BCUT2D eigenvalue weighted by atomic mass is 10.0. The summed E-state index contributed by atoms with van der Waals surface area (Å²) in [5, 5.41) is 3.09. The van der Waals surface area contributed by atoms with E-state index in [-0.39, 0.29) is 11.9 Å². The lowest BCUT2D eigenvalue weighted by Gasteiger charge is -2.19. The number of ether oxygens (including phenoxy) is 1. The predicted octanol–water partition coefficient (Wildman–Crippen LogP) is 2.32. The van der Waals surface area contributed by atoms with Crippen LogP contribution in [0.25, 0.3) is 0 Å². The Balaban J connectivity index is 1.74. The summed E-state index contributed by atoms with van der Waals surface area (Å²) in [7, 11) is 0. The molecule has 1 aromatic carbocycles. The third-order valence-electron chi connectivity index (χ3n) is 4.23. The van der Waals surface area contributed by atoms with Crippen LogP contribution in [-0.2, 0) is 4.79 Å². The maximum absolute atomic E-state index is 12.0. The van der Waals surface area contributed by atoms with E-state index in [1.807, 2.05) is 19.1 Å². The summed E-state index contributed by atoms with van der Waals surface area (Å²) in [5.41, 5.74) is 8.05. The van der Waals surface area contributed by atoms with Gasteiger partial charge in [0.25, 0.3) is 0 Å². The van der Waals surface area contributed by atoms with Gasteiger partial charge in [0.2, 0.25) is 5.91 Å². The summed E-state index contributed by atoms with van der Waals surface area (Å²) in [6.07, 6.45) is 3.72. The van der Waals surface area contributed by atoms with Gasteiger partial charge in [-0.3, -0.25) is 4.79 Å². The summed E-state index contributed by atoms with van der Waals surface area (Å²) in [6.45, 7) is 5.15. The van der Waals surface area contributed by atoms with Gasteiger partial charge in [0, 0.05) is 6.04 Å². The van der Waals surface area contributed by atoms with Crippen LogP contribution in [0.2, 0.25) is 0 Å². The smallest absolute Gasteiger partial charge is 0.223 e. The number of benzene rings is 1. The molecule has 1 saturated carbocycles. The van der Waals surface area contributed by atoms with E-state index in [4.69, 9.17) is 10.5 Å². The molecule has 21 heavy (non-hydrogen) atoms. The lowest BCUT2D eigenvalue weighted by Crippen LogP contribution is -2.40. The number of carbonyl (C=O) groups is 1. The molecule has 0 bridgehead atoms. The molecule has 1 aliphatic carbocycles. The van der Waals surface area contributed by atoms with Crippen LogP contribution < -0.4 is 15.8 Å². The van der Waals surface area contributed by atoms with Crippen molar-refractivity contribution in [2.75, 3.05) is 13.2 Å². The molecule has 1 aromatic rings. The number of nitrogens with one attached hydrogen (secondary N) is 1. The Morgan fingerprint density at radius 2 is 2.19 bits per heavy atom. The van der Waals surface area contributed by atoms with Crippen LogP contribution in [0.1, 0.15) is 36.8 Å². The fraction of sp³-hybridized carbons (Fsp3) is 0.588. The second-order valence-corrected chi connectivity index (χ2v) is 5.97. The van der Waals surface area contributed by atoms with Crippen LogP contribution in [0.5, 0.6) is 5.75 Å². The maximum Gasteiger partial charge on any atom is 0.223 e. The number of nitrogens with two attached hydrogens (primary N) is 1. The van der Waals surface area contributed by atoms with E-state index in [1.165, 1.54) is 5.56 Å². The molecule has 4 heteroatoms. The van der Waals surface area contributed by atoms with Crippen LogP contribution in [0.3, 0.4) is 0 Å². The van der Waals surface area contributed by atoms with E-state index in [1.54, 1.807) is 0 Å². The number of hydrogen-bond acceptors (Lipinski definition) is 3. The first-order valence-corrected chi connectivity index (χ1v) is 7.79. The van der Waals surface area contributed by atoms with Crippen molar-refractivity contribution in [3.63, 3.8) is 0 Å². The fourth-order valence-corrected chi connectivity index (χ4v) is 3.00. The van der Waals surface area contributed by atoms with Crippen LogP contribution in [0.15, 0.2) is 18.2 Å². The molecule has 3 N–H and O–H groups in total. The number of hydrogen-bond donors (Lipinski definition) is 2. The first kappa shape index (κ1) is 15.8. The molecule has 2 unspecified atom stereocenters. The highest BCUT2D eigenvalue weighted by Gasteiger charge is 2.27. The molecule has 1 aliphatic rings. The van der Waals surface area contributed by atoms with E-state index >= 15 is 0 Å². The van der Waals surface area contributed by atoms with Crippen molar-refractivity contribution in [3.05, 3.63) is 29.3 Å². The first-order chi connectivity index (χ1) is 10.1. The van der Waals surface area contributed by atoms with Gasteiger partial charge < -0.3 is 15.8 Å². The van der Waals surface area contributed by atoms with Crippen LogP contribution in [-0.4, -0.2) is 25.1 Å². The molecule has 0 aliphatic heterocycles.